The molecule has 0 aliphatic heterocycles. The van der Waals surface area contributed by atoms with E-state index >= 15 is 0 Å². The number of thiophene rings is 1. The second-order valence-electron chi connectivity index (χ2n) is 12.1. The molecule has 9 rings (SSSR count). The average molecular weight is 644 g/mol. The molecule has 2 aromatic heterocycles. The molecule has 2 heterocycles. The molecule has 0 N–H and O–H groups in total. The first kappa shape index (κ1) is 29.0. The fraction of sp³-hybridized carbons (Fsp3) is 0. The Morgan fingerprint density at radius 2 is 0.673 bits per heavy atom. The highest BCUT2D eigenvalue weighted by Crippen LogP contribution is 2.37. The van der Waals surface area contributed by atoms with Crippen LogP contribution in [0.2, 0.25) is 0 Å². The lowest BCUT2D eigenvalue weighted by atomic mass is 10.0. The van der Waals surface area contributed by atoms with E-state index in [1.807, 2.05) is 23.5 Å². The van der Waals surface area contributed by atoms with Crippen molar-refractivity contribution in [2.75, 3.05) is 0 Å². The number of nitrogens with zero attached hydrogens (tertiary/aromatic N) is 3. The maximum Gasteiger partial charge on any atom is 0.164 e. The van der Waals surface area contributed by atoms with Crippen LogP contribution in [-0.2, 0) is 0 Å². The third kappa shape index (κ3) is 5.69. The van der Waals surface area contributed by atoms with Crippen LogP contribution in [0.25, 0.3) is 87.7 Å². The topological polar surface area (TPSA) is 38.7 Å². The van der Waals surface area contributed by atoms with Gasteiger partial charge in [0.1, 0.15) is 0 Å². The lowest BCUT2D eigenvalue weighted by molar-refractivity contribution is 1.07. The van der Waals surface area contributed by atoms with Crippen molar-refractivity contribution in [1.29, 1.82) is 0 Å². The van der Waals surface area contributed by atoms with Gasteiger partial charge in [-0.25, -0.2) is 15.0 Å². The molecule has 0 spiro atoms. The van der Waals surface area contributed by atoms with E-state index in [1.165, 1.54) is 36.9 Å². The molecule has 0 unspecified atom stereocenters. The van der Waals surface area contributed by atoms with Gasteiger partial charge in [-0.2, -0.15) is 0 Å². The highest BCUT2D eigenvalue weighted by atomic mass is 32.1. The summed E-state index contributed by atoms with van der Waals surface area (Å²) < 4.78 is 2.59. The van der Waals surface area contributed by atoms with E-state index in [0.29, 0.717) is 17.5 Å². The molecule has 0 bridgehead atoms. The summed E-state index contributed by atoms with van der Waals surface area (Å²) in [6.07, 6.45) is 0. The molecule has 0 atom stereocenters. The van der Waals surface area contributed by atoms with Crippen LogP contribution in [0.5, 0.6) is 0 Å². The van der Waals surface area contributed by atoms with Crippen molar-refractivity contribution in [2.24, 2.45) is 0 Å². The Kier molecular flexibility index (Phi) is 7.34. The van der Waals surface area contributed by atoms with Crippen molar-refractivity contribution in [2.45, 2.75) is 0 Å². The summed E-state index contributed by atoms with van der Waals surface area (Å²) in [7, 11) is 0. The van der Waals surface area contributed by atoms with Crippen molar-refractivity contribution in [3.63, 3.8) is 0 Å². The highest BCUT2D eigenvalue weighted by Gasteiger charge is 2.14. The Bertz CT molecular complexity index is 2470. The maximum absolute atomic E-state index is 5.06. The van der Waals surface area contributed by atoms with Gasteiger partial charge in [0, 0.05) is 36.9 Å². The van der Waals surface area contributed by atoms with Gasteiger partial charge in [0.15, 0.2) is 17.5 Å². The van der Waals surface area contributed by atoms with Crippen LogP contribution in [-0.4, -0.2) is 15.0 Å². The van der Waals surface area contributed by atoms with Gasteiger partial charge in [-0.05, 0) is 51.6 Å². The summed E-state index contributed by atoms with van der Waals surface area (Å²) in [6, 6.07) is 61.6. The fourth-order valence-corrected chi connectivity index (χ4v) is 7.54. The largest absolute Gasteiger partial charge is 0.208 e. The zero-order valence-electron chi connectivity index (χ0n) is 26.5. The van der Waals surface area contributed by atoms with Gasteiger partial charge >= 0.3 is 0 Å². The Labute approximate surface area is 288 Å². The molecule has 0 aliphatic carbocycles. The lowest BCUT2D eigenvalue weighted by Gasteiger charge is -2.11. The minimum Gasteiger partial charge on any atom is -0.208 e. The van der Waals surface area contributed by atoms with Crippen LogP contribution in [0.15, 0.2) is 176 Å². The van der Waals surface area contributed by atoms with Crippen molar-refractivity contribution >= 4 is 31.5 Å². The SMILES string of the molecule is c1ccc(-c2ccc(-c3nc(-c4ccc(-c5ccccc5)cc4)nc(-c4cccc(-c5ccc6c(c5)sc5ccccc56)c4)n3)cc2)cc1. The summed E-state index contributed by atoms with van der Waals surface area (Å²) in [5, 5.41) is 2.60. The maximum atomic E-state index is 5.06. The summed E-state index contributed by atoms with van der Waals surface area (Å²) in [4.78, 5) is 15.1. The van der Waals surface area contributed by atoms with Crippen molar-refractivity contribution in [3.05, 3.63) is 176 Å². The van der Waals surface area contributed by atoms with Gasteiger partial charge in [0.25, 0.3) is 0 Å². The Balaban J connectivity index is 1.13. The molecule has 9 aromatic rings. The zero-order chi connectivity index (χ0) is 32.6. The molecular formula is C45H29N3S. The number of rotatable bonds is 6. The van der Waals surface area contributed by atoms with E-state index in [0.717, 1.165) is 33.4 Å². The van der Waals surface area contributed by atoms with Crippen molar-refractivity contribution in [1.82, 2.24) is 15.0 Å². The van der Waals surface area contributed by atoms with Gasteiger partial charge in [0.05, 0.1) is 0 Å². The lowest BCUT2D eigenvalue weighted by Crippen LogP contribution is -2.00. The molecule has 7 aromatic carbocycles. The van der Waals surface area contributed by atoms with E-state index in [1.54, 1.807) is 0 Å². The highest BCUT2D eigenvalue weighted by molar-refractivity contribution is 7.25. The van der Waals surface area contributed by atoms with Crippen LogP contribution in [0.3, 0.4) is 0 Å². The first-order chi connectivity index (χ1) is 24.2. The number of fused-ring (bicyclic) bond motifs is 3. The molecule has 49 heavy (non-hydrogen) atoms. The average Bonchev–Trinajstić information content (AvgIpc) is 3.57. The van der Waals surface area contributed by atoms with Crippen LogP contribution < -0.4 is 0 Å². The third-order valence-electron chi connectivity index (χ3n) is 8.97. The predicted molar refractivity (Wildman–Crippen MR) is 205 cm³/mol. The normalized spacial score (nSPS) is 11.3. The van der Waals surface area contributed by atoms with Crippen molar-refractivity contribution in [3.8, 4) is 67.5 Å². The van der Waals surface area contributed by atoms with Crippen LogP contribution in [0.1, 0.15) is 0 Å². The minimum atomic E-state index is 0.642. The Morgan fingerprint density at radius 1 is 0.265 bits per heavy atom. The zero-order valence-corrected chi connectivity index (χ0v) is 27.3. The molecular weight excluding hydrogens is 615 g/mol. The summed E-state index contributed by atoms with van der Waals surface area (Å²) >= 11 is 1.84. The molecule has 0 saturated heterocycles. The van der Waals surface area contributed by atoms with E-state index in [-0.39, 0.29) is 0 Å². The second kappa shape index (κ2) is 12.4. The Hall–Kier alpha value is -6.23. The van der Waals surface area contributed by atoms with Crippen LogP contribution in [0.4, 0.5) is 0 Å². The predicted octanol–water partition coefficient (Wildman–Crippen LogP) is 12.2. The van der Waals surface area contributed by atoms with E-state index in [2.05, 4.69) is 164 Å². The number of hydrogen-bond acceptors (Lipinski definition) is 4. The summed E-state index contributed by atoms with van der Waals surface area (Å²) in [5.74, 6) is 1.93. The summed E-state index contributed by atoms with van der Waals surface area (Å²) in [5.41, 5.74) is 9.78. The quantitative estimate of drug-likeness (QED) is 0.181. The fourth-order valence-electron chi connectivity index (χ4n) is 6.39. The summed E-state index contributed by atoms with van der Waals surface area (Å²) in [6.45, 7) is 0. The van der Waals surface area contributed by atoms with Crippen LogP contribution in [0, 0.1) is 0 Å². The number of hydrogen-bond donors (Lipinski definition) is 0. The molecule has 0 aliphatic rings. The van der Waals surface area contributed by atoms with E-state index in [9.17, 15) is 0 Å². The van der Waals surface area contributed by atoms with Gasteiger partial charge in [-0.1, -0.05) is 158 Å². The number of benzene rings is 7. The van der Waals surface area contributed by atoms with Gasteiger partial charge in [-0.3, -0.25) is 0 Å². The van der Waals surface area contributed by atoms with Crippen LogP contribution >= 0.6 is 11.3 Å². The molecule has 230 valence electrons. The minimum absolute atomic E-state index is 0.642. The standard InChI is InChI=1S/C45H29N3S/c1-3-10-30(11-4-1)32-18-22-34(23-19-32)43-46-44(35-24-20-33(21-25-35)31-12-5-2-6-13-31)48-45(47-43)38-15-9-14-36(28-38)37-26-27-40-39-16-7-8-17-41(39)49-42(40)29-37/h1-29H. The number of aromatic nitrogens is 3. The van der Waals surface area contributed by atoms with E-state index in [4.69, 9.17) is 15.0 Å². The monoisotopic (exact) mass is 643 g/mol. The molecule has 0 amide bonds. The van der Waals surface area contributed by atoms with Gasteiger partial charge in [0.2, 0.25) is 0 Å². The molecule has 0 radical (unpaired) electrons. The van der Waals surface area contributed by atoms with Gasteiger partial charge in [-0.15, -0.1) is 11.3 Å². The first-order valence-electron chi connectivity index (χ1n) is 16.4. The second-order valence-corrected chi connectivity index (χ2v) is 13.2. The smallest absolute Gasteiger partial charge is 0.164 e. The Morgan fingerprint density at radius 3 is 1.29 bits per heavy atom. The van der Waals surface area contributed by atoms with Crippen molar-refractivity contribution < 1.29 is 0 Å². The molecule has 3 nitrogen and oxygen atoms in total. The third-order valence-corrected chi connectivity index (χ3v) is 10.1. The van der Waals surface area contributed by atoms with Gasteiger partial charge < -0.3 is 0 Å². The molecule has 0 saturated carbocycles. The van der Waals surface area contributed by atoms with E-state index < -0.39 is 0 Å². The molecule has 4 heteroatoms. The molecule has 0 fully saturated rings. The first-order valence-corrected chi connectivity index (χ1v) is 17.2.